The first-order valence-corrected chi connectivity index (χ1v) is 8.33. The molecule has 1 aliphatic heterocycles. The lowest BCUT2D eigenvalue weighted by Crippen LogP contribution is -3.13. The van der Waals surface area contributed by atoms with E-state index < -0.39 is 7.60 Å². The van der Waals surface area contributed by atoms with Gasteiger partial charge < -0.3 is 13.9 Å². The van der Waals surface area contributed by atoms with Crippen molar-refractivity contribution in [2.75, 3.05) is 39.5 Å². The Bertz CT molecular complexity index is 229. The van der Waals surface area contributed by atoms with E-state index in [-0.39, 0.29) is 0 Å². The van der Waals surface area contributed by atoms with Gasteiger partial charge in [0.1, 0.15) is 13.2 Å². The first-order chi connectivity index (χ1) is 7.64. The second-order valence-corrected chi connectivity index (χ2v) is 6.56. The van der Waals surface area contributed by atoms with Crippen molar-refractivity contribution in [1.29, 1.82) is 0 Å². The molecule has 1 heterocycles. The molecule has 0 aromatic rings. The molecular weight excluding hydrogens is 225 g/mol. The molecule has 16 heavy (non-hydrogen) atoms. The molecule has 4 nitrogen and oxygen atoms in total. The van der Waals surface area contributed by atoms with Crippen molar-refractivity contribution >= 4 is 7.60 Å². The number of hydrogen-bond donors (Lipinski definition) is 1. The van der Waals surface area contributed by atoms with Gasteiger partial charge in [-0.1, -0.05) is 6.92 Å². The lowest BCUT2D eigenvalue weighted by Gasteiger charge is -2.24. The van der Waals surface area contributed by atoms with Crippen LogP contribution >= 0.6 is 7.60 Å². The van der Waals surface area contributed by atoms with E-state index in [1.54, 1.807) is 11.6 Å². The third-order valence-electron chi connectivity index (χ3n) is 2.87. The Labute approximate surface area is 98.8 Å². The van der Waals surface area contributed by atoms with E-state index >= 15 is 0 Å². The van der Waals surface area contributed by atoms with Crippen LogP contribution in [0.3, 0.4) is 0 Å². The van der Waals surface area contributed by atoms with Gasteiger partial charge in [0.25, 0.3) is 0 Å². The van der Waals surface area contributed by atoms with Crippen LogP contribution in [-0.4, -0.2) is 39.5 Å². The van der Waals surface area contributed by atoms with Gasteiger partial charge in [0.2, 0.25) is 0 Å². The molecule has 0 amide bonds. The van der Waals surface area contributed by atoms with E-state index in [1.807, 2.05) is 6.92 Å². The van der Waals surface area contributed by atoms with Crippen molar-refractivity contribution < 1.29 is 18.5 Å². The normalized spacial score (nSPS) is 21.9. The van der Waals surface area contributed by atoms with Gasteiger partial charge in [-0.05, 0) is 25.7 Å². The smallest absolute Gasteiger partial charge is 0.327 e. The zero-order valence-corrected chi connectivity index (χ0v) is 11.4. The van der Waals surface area contributed by atoms with Crippen molar-refractivity contribution in [3.63, 3.8) is 0 Å². The maximum absolute atomic E-state index is 11.8. The molecule has 0 radical (unpaired) electrons. The summed E-state index contributed by atoms with van der Waals surface area (Å²) in [5.41, 5.74) is 0. The van der Waals surface area contributed by atoms with E-state index in [9.17, 15) is 4.57 Å². The minimum atomic E-state index is -2.79. The number of likely N-dealkylation sites (tertiary alicyclic amines) is 1. The summed E-state index contributed by atoms with van der Waals surface area (Å²) in [4.78, 5) is 1.57. The summed E-state index contributed by atoms with van der Waals surface area (Å²) in [6.45, 7) is 8.04. The highest BCUT2D eigenvalue weighted by Crippen LogP contribution is 2.43. The minimum absolute atomic E-state index is 0.518. The highest BCUT2D eigenvalue weighted by molar-refractivity contribution is 7.52. The summed E-state index contributed by atoms with van der Waals surface area (Å²) >= 11 is 0. The molecule has 0 saturated carbocycles. The minimum Gasteiger partial charge on any atom is -0.333 e. The summed E-state index contributed by atoms with van der Waals surface area (Å²) in [6, 6.07) is 0. The zero-order valence-electron chi connectivity index (χ0n) is 10.5. The van der Waals surface area contributed by atoms with E-state index in [1.165, 1.54) is 32.4 Å². The monoisotopic (exact) mass is 250 g/mol. The molecule has 1 atom stereocenters. The van der Waals surface area contributed by atoms with Crippen molar-refractivity contribution in [2.45, 2.75) is 32.6 Å². The Balaban J connectivity index is 2.10. The molecule has 0 unspecified atom stereocenters. The number of piperidine rings is 1. The standard InChI is InChI=1S/C11H24NO3P/c1-3-10-14-16(2,13)15-11-9-12-7-5-4-6-8-12/h3-11H2,1-2H3/p+1/t16-/m0/s1. The van der Waals surface area contributed by atoms with Crippen LogP contribution in [0, 0.1) is 0 Å². The summed E-state index contributed by atoms with van der Waals surface area (Å²) < 4.78 is 22.3. The van der Waals surface area contributed by atoms with Gasteiger partial charge in [-0.3, -0.25) is 4.57 Å². The van der Waals surface area contributed by atoms with Gasteiger partial charge in [-0.15, -0.1) is 0 Å². The Hall–Kier alpha value is 0.110. The van der Waals surface area contributed by atoms with Crippen LogP contribution in [0.25, 0.3) is 0 Å². The SMILES string of the molecule is CCCO[P@](C)(=O)OCC[NH+]1CCCCC1. The molecule has 5 heteroatoms. The fraction of sp³-hybridized carbons (Fsp3) is 1.00. The first-order valence-electron chi connectivity index (χ1n) is 6.34. The topological polar surface area (TPSA) is 40.0 Å². The first kappa shape index (κ1) is 14.2. The summed E-state index contributed by atoms with van der Waals surface area (Å²) in [5.74, 6) is 0. The summed E-state index contributed by atoms with van der Waals surface area (Å²) in [5, 5.41) is 0. The number of hydrogen-bond acceptors (Lipinski definition) is 3. The van der Waals surface area contributed by atoms with E-state index in [2.05, 4.69) is 0 Å². The van der Waals surface area contributed by atoms with Gasteiger partial charge in [0.15, 0.2) is 0 Å². The van der Waals surface area contributed by atoms with Crippen molar-refractivity contribution in [2.24, 2.45) is 0 Å². The highest BCUT2D eigenvalue weighted by Gasteiger charge is 2.18. The summed E-state index contributed by atoms with van der Waals surface area (Å²) in [6.07, 6.45) is 4.85. The molecule has 0 aliphatic carbocycles. The van der Waals surface area contributed by atoms with Crippen molar-refractivity contribution in [1.82, 2.24) is 0 Å². The second kappa shape index (κ2) is 7.44. The highest BCUT2D eigenvalue weighted by atomic mass is 31.2. The van der Waals surface area contributed by atoms with Gasteiger partial charge in [0.05, 0.1) is 19.7 Å². The predicted octanol–water partition coefficient (Wildman–Crippen LogP) is 1.32. The lowest BCUT2D eigenvalue weighted by molar-refractivity contribution is -0.904. The van der Waals surface area contributed by atoms with Gasteiger partial charge in [-0.2, -0.15) is 0 Å². The average molecular weight is 250 g/mol. The third-order valence-corrected chi connectivity index (χ3v) is 4.18. The Kier molecular flexibility index (Phi) is 6.59. The molecule has 0 bridgehead atoms. The Morgan fingerprint density at radius 1 is 1.12 bits per heavy atom. The summed E-state index contributed by atoms with van der Waals surface area (Å²) in [7, 11) is -2.79. The Morgan fingerprint density at radius 3 is 2.38 bits per heavy atom. The second-order valence-electron chi connectivity index (χ2n) is 4.50. The molecule has 1 fully saturated rings. The fourth-order valence-electron chi connectivity index (χ4n) is 1.95. The molecule has 1 aliphatic rings. The van der Waals surface area contributed by atoms with Gasteiger partial charge in [-0.25, -0.2) is 0 Å². The molecular formula is C11H25NO3P+. The van der Waals surface area contributed by atoms with E-state index in [0.29, 0.717) is 13.2 Å². The largest absolute Gasteiger partial charge is 0.333 e. The quantitative estimate of drug-likeness (QED) is 0.693. The predicted molar refractivity (Wildman–Crippen MR) is 65.1 cm³/mol. The molecule has 1 N–H and O–H groups in total. The van der Waals surface area contributed by atoms with Gasteiger partial charge in [0, 0.05) is 6.66 Å². The van der Waals surface area contributed by atoms with E-state index in [0.717, 1.165) is 13.0 Å². The third kappa shape index (κ3) is 6.00. The number of nitrogens with one attached hydrogen (secondary N) is 1. The lowest BCUT2D eigenvalue weighted by atomic mass is 10.1. The number of rotatable bonds is 7. The molecule has 0 aromatic heterocycles. The molecule has 1 rings (SSSR count). The molecule has 0 aromatic carbocycles. The Morgan fingerprint density at radius 2 is 1.75 bits per heavy atom. The average Bonchev–Trinajstić information content (AvgIpc) is 2.28. The molecule has 1 saturated heterocycles. The van der Waals surface area contributed by atoms with Crippen molar-refractivity contribution in [3.8, 4) is 0 Å². The fourth-order valence-corrected chi connectivity index (χ4v) is 2.96. The van der Waals surface area contributed by atoms with Crippen LogP contribution in [0.2, 0.25) is 0 Å². The zero-order chi connectivity index (χ0) is 11.9. The van der Waals surface area contributed by atoms with Crippen molar-refractivity contribution in [3.05, 3.63) is 0 Å². The van der Waals surface area contributed by atoms with E-state index in [4.69, 9.17) is 9.05 Å². The molecule has 96 valence electrons. The van der Waals surface area contributed by atoms with Crippen LogP contribution in [0.15, 0.2) is 0 Å². The number of quaternary nitrogens is 1. The maximum atomic E-state index is 11.8. The molecule has 0 spiro atoms. The van der Waals surface area contributed by atoms with Crippen LogP contribution in [-0.2, 0) is 13.6 Å². The van der Waals surface area contributed by atoms with Gasteiger partial charge >= 0.3 is 7.60 Å². The van der Waals surface area contributed by atoms with Crippen LogP contribution < -0.4 is 4.90 Å². The van der Waals surface area contributed by atoms with Crippen LogP contribution in [0.4, 0.5) is 0 Å². The maximum Gasteiger partial charge on any atom is 0.327 e. The van der Waals surface area contributed by atoms with Crippen LogP contribution in [0.5, 0.6) is 0 Å². The van der Waals surface area contributed by atoms with Crippen LogP contribution in [0.1, 0.15) is 32.6 Å².